The van der Waals surface area contributed by atoms with Crippen molar-refractivity contribution in [1.29, 1.82) is 0 Å². The maximum atomic E-state index is 10.8. The first-order chi connectivity index (χ1) is 4.30. The lowest BCUT2D eigenvalue weighted by Gasteiger charge is -2.11. The van der Waals surface area contributed by atoms with E-state index in [2.05, 4.69) is 5.32 Å². The second-order valence-electron chi connectivity index (χ2n) is 2.05. The van der Waals surface area contributed by atoms with Gasteiger partial charge >= 0.3 is 0 Å². The monoisotopic (exact) mass is 126 g/mol. The molecule has 0 aromatic rings. The Kier molecular flexibility index (Phi) is 1.85. The Morgan fingerprint density at radius 2 is 2.56 bits per heavy atom. The number of hydrogen-bond acceptors (Lipinski definition) is 2. The lowest BCUT2D eigenvalue weighted by Crippen LogP contribution is -2.32. The lowest BCUT2D eigenvalue weighted by molar-refractivity contribution is -0.124. The maximum Gasteiger partial charge on any atom is 0.247 e. The van der Waals surface area contributed by atoms with E-state index in [4.69, 9.17) is 0 Å². The van der Waals surface area contributed by atoms with Crippen molar-refractivity contribution in [3.63, 3.8) is 0 Å². The molecule has 1 amide bonds. The summed E-state index contributed by atoms with van der Waals surface area (Å²) in [6, 6.07) is 0. The van der Waals surface area contributed by atoms with Crippen LogP contribution in [0.15, 0.2) is 12.2 Å². The lowest BCUT2D eigenvalue weighted by atomic mass is 10.5. The molecule has 3 nitrogen and oxygen atoms in total. The van der Waals surface area contributed by atoms with Gasteiger partial charge in [0.2, 0.25) is 5.91 Å². The summed E-state index contributed by atoms with van der Waals surface area (Å²) in [6.07, 6.45) is 3.41. The number of rotatable bonds is 0. The molecule has 1 heterocycles. The number of carbonyl (C=O) groups is 1. The topological polar surface area (TPSA) is 32.3 Å². The van der Waals surface area contributed by atoms with Crippen LogP contribution in [-0.4, -0.2) is 31.1 Å². The first-order valence-electron chi connectivity index (χ1n) is 2.93. The number of nitrogens with zero attached hydrogens (tertiary/aromatic N) is 1. The summed E-state index contributed by atoms with van der Waals surface area (Å²) in [5, 5.41) is 3.05. The largest absolute Gasteiger partial charge is 0.329 e. The average Bonchev–Trinajstić information content (AvgIpc) is 1.99. The number of hydrogen-bond donors (Lipinski definition) is 1. The van der Waals surface area contributed by atoms with Gasteiger partial charge in [0.25, 0.3) is 0 Å². The Balaban J connectivity index is 2.57. The van der Waals surface area contributed by atoms with Gasteiger partial charge in [-0.05, 0) is 0 Å². The zero-order valence-corrected chi connectivity index (χ0v) is 5.42. The van der Waals surface area contributed by atoms with Crippen molar-refractivity contribution >= 4 is 5.91 Å². The highest BCUT2D eigenvalue weighted by molar-refractivity contribution is 5.87. The van der Waals surface area contributed by atoms with E-state index in [1.807, 2.05) is 6.08 Å². The van der Waals surface area contributed by atoms with Crippen LogP contribution in [0.4, 0.5) is 0 Å². The number of likely N-dealkylation sites (N-methyl/N-ethyl adjacent to an activating group) is 1. The molecule has 50 valence electrons. The molecule has 3 heteroatoms. The third-order valence-corrected chi connectivity index (χ3v) is 1.25. The molecule has 0 fully saturated rings. The minimum atomic E-state index is 0.0694. The van der Waals surface area contributed by atoms with E-state index < -0.39 is 0 Å². The van der Waals surface area contributed by atoms with Crippen molar-refractivity contribution in [2.24, 2.45) is 0 Å². The van der Waals surface area contributed by atoms with Gasteiger partial charge < -0.3 is 4.90 Å². The second-order valence-corrected chi connectivity index (χ2v) is 2.05. The van der Waals surface area contributed by atoms with E-state index in [1.165, 1.54) is 0 Å². The summed E-state index contributed by atoms with van der Waals surface area (Å²) >= 11 is 0. The van der Waals surface area contributed by atoms with Crippen LogP contribution in [-0.2, 0) is 4.79 Å². The number of amides is 1. The minimum Gasteiger partial charge on any atom is -0.329 e. The first-order valence-corrected chi connectivity index (χ1v) is 2.93. The predicted octanol–water partition coefficient (Wildman–Crippen LogP) is -0.438. The van der Waals surface area contributed by atoms with Crippen molar-refractivity contribution in [1.82, 2.24) is 10.2 Å². The molecule has 9 heavy (non-hydrogen) atoms. The predicted molar refractivity (Wildman–Crippen MR) is 34.8 cm³/mol. The van der Waals surface area contributed by atoms with Crippen molar-refractivity contribution < 1.29 is 4.79 Å². The quantitative estimate of drug-likeness (QED) is 0.477. The van der Waals surface area contributed by atoms with Crippen molar-refractivity contribution in [3.8, 4) is 0 Å². The smallest absolute Gasteiger partial charge is 0.247 e. The van der Waals surface area contributed by atoms with Gasteiger partial charge in [0.05, 0.1) is 6.67 Å². The fourth-order valence-electron chi connectivity index (χ4n) is 0.680. The summed E-state index contributed by atoms with van der Waals surface area (Å²) < 4.78 is 0. The fourth-order valence-corrected chi connectivity index (χ4v) is 0.680. The van der Waals surface area contributed by atoms with E-state index >= 15 is 0 Å². The molecule has 1 rings (SSSR count). The molecule has 0 aromatic heterocycles. The van der Waals surface area contributed by atoms with Gasteiger partial charge in [-0.2, -0.15) is 0 Å². The summed E-state index contributed by atoms with van der Waals surface area (Å²) in [7, 11) is 1.77. The number of carbonyl (C=O) groups excluding carboxylic acids is 1. The standard InChI is InChI=1S/C6H10N2O/c1-8-5-7-4-2-3-6(8)9/h2-3,7H,4-5H2,1H3. The second kappa shape index (κ2) is 2.64. The summed E-state index contributed by atoms with van der Waals surface area (Å²) in [4.78, 5) is 12.4. The van der Waals surface area contributed by atoms with Gasteiger partial charge in [0.15, 0.2) is 0 Å². The molecule has 1 N–H and O–H groups in total. The van der Waals surface area contributed by atoms with Crippen molar-refractivity contribution in [2.75, 3.05) is 20.3 Å². The molecule has 1 aliphatic heterocycles. The zero-order valence-electron chi connectivity index (χ0n) is 5.42. The summed E-state index contributed by atoms with van der Waals surface area (Å²) in [5.41, 5.74) is 0. The molecular weight excluding hydrogens is 116 g/mol. The fraction of sp³-hybridized carbons (Fsp3) is 0.500. The van der Waals surface area contributed by atoms with E-state index in [9.17, 15) is 4.79 Å². The Hall–Kier alpha value is -0.830. The van der Waals surface area contributed by atoms with Gasteiger partial charge in [-0.15, -0.1) is 0 Å². The molecule has 0 saturated heterocycles. The Labute approximate surface area is 54.3 Å². The zero-order chi connectivity index (χ0) is 6.69. The van der Waals surface area contributed by atoms with Crippen LogP contribution in [0.1, 0.15) is 0 Å². The SMILES string of the molecule is CN1CNCC=CC1=O. The molecule has 0 aromatic carbocycles. The Morgan fingerprint density at radius 3 is 3.33 bits per heavy atom. The average molecular weight is 126 g/mol. The van der Waals surface area contributed by atoms with Crippen LogP contribution >= 0.6 is 0 Å². The van der Waals surface area contributed by atoms with Crippen LogP contribution in [0, 0.1) is 0 Å². The van der Waals surface area contributed by atoms with Gasteiger partial charge in [-0.1, -0.05) is 6.08 Å². The third kappa shape index (κ3) is 1.54. The van der Waals surface area contributed by atoms with E-state index in [-0.39, 0.29) is 5.91 Å². The van der Waals surface area contributed by atoms with Gasteiger partial charge in [0, 0.05) is 19.7 Å². The molecule has 0 saturated carbocycles. The van der Waals surface area contributed by atoms with Gasteiger partial charge in [-0.3, -0.25) is 10.1 Å². The van der Waals surface area contributed by atoms with E-state index in [0.717, 1.165) is 6.54 Å². The minimum absolute atomic E-state index is 0.0694. The number of nitrogens with one attached hydrogen (secondary N) is 1. The Morgan fingerprint density at radius 1 is 1.78 bits per heavy atom. The highest BCUT2D eigenvalue weighted by Gasteiger charge is 2.04. The van der Waals surface area contributed by atoms with Gasteiger partial charge in [0.1, 0.15) is 0 Å². The third-order valence-electron chi connectivity index (χ3n) is 1.25. The van der Waals surface area contributed by atoms with Crippen LogP contribution in [0.2, 0.25) is 0 Å². The molecule has 0 spiro atoms. The van der Waals surface area contributed by atoms with Crippen molar-refractivity contribution in [2.45, 2.75) is 0 Å². The van der Waals surface area contributed by atoms with Crippen molar-refractivity contribution in [3.05, 3.63) is 12.2 Å². The normalized spacial score (nSPS) is 20.1. The highest BCUT2D eigenvalue weighted by Crippen LogP contribution is 1.87. The molecule has 0 aliphatic carbocycles. The molecule has 0 radical (unpaired) electrons. The Bertz CT molecular complexity index is 142. The molecule has 1 aliphatic rings. The summed E-state index contributed by atoms with van der Waals surface area (Å²) in [6.45, 7) is 1.43. The molecule has 0 unspecified atom stereocenters. The van der Waals surface area contributed by atoms with Gasteiger partial charge in [-0.25, -0.2) is 0 Å². The van der Waals surface area contributed by atoms with E-state index in [0.29, 0.717) is 6.67 Å². The molecule has 0 atom stereocenters. The van der Waals surface area contributed by atoms with E-state index in [1.54, 1.807) is 18.0 Å². The van der Waals surface area contributed by atoms with Crippen LogP contribution in [0.5, 0.6) is 0 Å². The van der Waals surface area contributed by atoms with Crippen LogP contribution < -0.4 is 5.32 Å². The first kappa shape index (κ1) is 6.29. The highest BCUT2D eigenvalue weighted by atomic mass is 16.2. The van der Waals surface area contributed by atoms with Crippen LogP contribution in [0.3, 0.4) is 0 Å². The molecule has 0 bridgehead atoms. The maximum absolute atomic E-state index is 10.8. The van der Waals surface area contributed by atoms with Crippen LogP contribution in [0.25, 0.3) is 0 Å². The summed E-state index contributed by atoms with van der Waals surface area (Å²) in [5.74, 6) is 0.0694. The molecular formula is C6H10N2O.